The minimum atomic E-state index is -4.41. The summed E-state index contributed by atoms with van der Waals surface area (Å²) in [5.74, 6) is -0.881. The lowest BCUT2D eigenvalue weighted by Gasteiger charge is -2.19. The van der Waals surface area contributed by atoms with Gasteiger partial charge in [0, 0.05) is 19.4 Å². The molecule has 0 amide bonds. The number of carbonyl (C=O) groups is 2. The lowest BCUT2D eigenvalue weighted by Crippen LogP contribution is -2.29. The van der Waals surface area contributed by atoms with Gasteiger partial charge in [-0.25, -0.2) is 4.57 Å². The van der Waals surface area contributed by atoms with Crippen LogP contribution in [0.3, 0.4) is 0 Å². The van der Waals surface area contributed by atoms with Crippen molar-refractivity contribution >= 4 is 19.8 Å². The van der Waals surface area contributed by atoms with Crippen molar-refractivity contribution in [2.75, 3.05) is 26.4 Å². The monoisotopic (exact) mass is 1130 g/mol. The number of phosphoric acid groups is 1. The zero-order chi connectivity index (χ0) is 58.0. The summed E-state index contributed by atoms with van der Waals surface area (Å²) >= 11 is 0. The van der Waals surface area contributed by atoms with Crippen LogP contribution in [-0.2, 0) is 32.7 Å². The van der Waals surface area contributed by atoms with Crippen LogP contribution in [0.25, 0.3) is 0 Å². The van der Waals surface area contributed by atoms with Crippen LogP contribution in [0.1, 0.15) is 251 Å². The number of esters is 2. The van der Waals surface area contributed by atoms with Gasteiger partial charge in [-0.05, 0) is 103 Å². The van der Waals surface area contributed by atoms with Crippen LogP contribution in [-0.4, -0.2) is 49.3 Å². The van der Waals surface area contributed by atoms with Gasteiger partial charge < -0.3 is 20.1 Å². The van der Waals surface area contributed by atoms with E-state index in [9.17, 15) is 19.0 Å². The van der Waals surface area contributed by atoms with Crippen LogP contribution in [0.15, 0.2) is 146 Å². The first-order chi connectivity index (χ1) is 39.3. The molecule has 0 radical (unpaired) electrons. The van der Waals surface area contributed by atoms with E-state index < -0.39 is 32.5 Å². The van der Waals surface area contributed by atoms with Gasteiger partial charge in [-0.2, -0.15) is 0 Å². The Morgan fingerprint density at radius 3 is 1.02 bits per heavy atom. The van der Waals surface area contributed by atoms with Crippen molar-refractivity contribution in [2.45, 2.75) is 258 Å². The number of hydrogen-bond donors (Lipinski definition) is 2. The molecule has 0 aromatic heterocycles. The van der Waals surface area contributed by atoms with Gasteiger partial charge in [-0.1, -0.05) is 282 Å². The predicted molar refractivity (Wildman–Crippen MR) is 343 cm³/mol. The summed E-state index contributed by atoms with van der Waals surface area (Å²) in [7, 11) is -4.41. The Labute approximate surface area is 490 Å². The molecule has 0 aliphatic rings. The summed E-state index contributed by atoms with van der Waals surface area (Å²) in [6.45, 7) is 3.59. The number of rotatable bonds is 58. The molecule has 0 rings (SSSR count). The third-order valence-corrected chi connectivity index (χ3v) is 14.0. The van der Waals surface area contributed by atoms with Gasteiger partial charge in [0.15, 0.2) is 6.10 Å². The third kappa shape index (κ3) is 63.1. The maximum Gasteiger partial charge on any atom is 0.472 e. The first-order valence-electron chi connectivity index (χ1n) is 31.8. The van der Waals surface area contributed by atoms with Gasteiger partial charge >= 0.3 is 19.8 Å². The molecule has 0 saturated carbocycles. The first-order valence-corrected chi connectivity index (χ1v) is 33.3. The lowest BCUT2D eigenvalue weighted by molar-refractivity contribution is -0.161. The van der Waals surface area contributed by atoms with Crippen LogP contribution < -0.4 is 5.73 Å². The van der Waals surface area contributed by atoms with Crippen molar-refractivity contribution in [1.29, 1.82) is 0 Å². The Morgan fingerprint density at radius 2 is 0.688 bits per heavy atom. The molecule has 0 saturated heterocycles. The van der Waals surface area contributed by atoms with Crippen LogP contribution in [0.2, 0.25) is 0 Å². The molecule has 0 fully saturated rings. The van der Waals surface area contributed by atoms with E-state index in [0.717, 1.165) is 109 Å². The largest absolute Gasteiger partial charge is 0.472 e. The SMILES string of the molecule is CC/C=C\C/C=C\C/C=C\C/C=C\C/C=C\C/C=C\C/C=C\C/C=C\C/C=C\C/C=C\C/C=C\C/C=C\CCCCC(=O)OC(COC(=O)CCCCCCCCCCCCCCCCCCCCCC)COP(=O)(O)OCCN. The minimum Gasteiger partial charge on any atom is -0.462 e. The van der Waals surface area contributed by atoms with Crippen molar-refractivity contribution < 1.29 is 37.6 Å². The van der Waals surface area contributed by atoms with Gasteiger partial charge in [-0.3, -0.25) is 18.6 Å². The highest BCUT2D eigenvalue weighted by Gasteiger charge is 2.26. The Hall–Kier alpha value is -4.11. The van der Waals surface area contributed by atoms with Crippen molar-refractivity contribution in [3.63, 3.8) is 0 Å². The van der Waals surface area contributed by atoms with E-state index in [-0.39, 0.29) is 32.6 Å². The van der Waals surface area contributed by atoms with Crippen molar-refractivity contribution in [2.24, 2.45) is 5.73 Å². The summed E-state index contributed by atoms with van der Waals surface area (Å²) in [4.78, 5) is 35.2. The second-order valence-electron chi connectivity index (χ2n) is 20.6. The number of ether oxygens (including phenoxy) is 2. The van der Waals surface area contributed by atoms with Gasteiger partial charge in [-0.15, -0.1) is 0 Å². The summed E-state index contributed by atoms with van der Waals surface area (Å²) in [6.07, 6.45) is 92.1. The van der Waals surface area contributed by atoms with Crippen LogP contribution >= 0.6 is 7.82 Å². The number of unbranched alkanes of at least 4 members (excludes halogenated alkanes) is 21. The molecule has 0 aliphatic heterocycles. The lowest BCUT2D eigenvalue weighted by atomic mass is 10.0. The molecule has 0 aromatic rings. The molecule has 10 heteroatoms. The molecule has 454 valence electrons. The van der Waals surface area contributed by atoms with Gasteiger partial charge in [0.2, 0.25) is 0 Å². The predicted octanol–water partition coefficient (Wildman–Crippen LogP) is 20.7. The van der Waals surface area contributed by atoms with E-state index in [1.165, 1.54) is 109 Å². The van der Waals surface area contributed by atoms with Crippen molar-refractivity contribution in [1.82, 2.24) is 0 Å². The van der Waals surface area contributed by atoms with Gasteiger partial charge in [0.25, 0.3) is 0 Å². The standard InChI is InChI=1S/C70H116NO8P/c1-3-5-7-9-11-13-15-17-19-21-23-25-26-27-28-29-30-31-32-33-34-35-36-37-38-39-40-41-42-43-45-47-49-51-53-55-57-59-61-63-70(73)79-68(67-78-80(74,75)77-65-64-71)66-76-69(72)62-60-58-56-54-52-50-48-46-44-24-22-20-18-16-14-12-10-8-6-4-2/h5,7,11,13,17,19,23,25,27-28,30-31,33-34,36-37,39-40,42-43,47,49,53,55,68H,3-4,6,8-10,12,14-16,18,20-22,24,26,29,32,35,38,41,44-46,48,50-52,54,56-67,71H2,1-2H3,(H,74,75)/b7-5-,13-11-,19-17-,25-23-,28-27-,31-30-,34-33-,37-36-,40-39-,43-42-,49-47-,55-53-. The fourth-order valence-electron chi connectivity index (χ4n) is 8.32. The van der Waals surface area contributed by atoms with Crippen LogP contribution in [0, 0.1) is 0 Å². The first kappa shape index (κ1) is 75.9. The molecule has 3 N–H and O–H groups in total. The Kier molecular flexibility index (Phi) is 60.8. The summed E-state index contributed by atoms with van der Waals surface area (Å²) in [5.41, 5.74) is 5.38. The molecule has 9 nitrogen and oxygen atoms in total. The molecule has 2 atom stereocenters. The maximum atomic E-state index is 12.7. The van der Waals surface area contributed by atoms with Crippen molar-refractivity contribution in [3.05, 3.63) is 146 Å². The van der Waals surface area contributed by atoms with E-state index in [0.29, 0.717) is 6.42 Å². The summed E-state index contributed by atoms with van der Waals surface area (Å²) in [5, 5.41) is 0. The average Bonchev–Trinajstić information content (AvgIpc) is 3.45. The zero-order valence-corrected chi connectivity index (χ0v) is 51.6. The smallest absolute Gasteiger partial charge is 0.462 e. The molecule has 0 heterocycles. The zero-order valence-electron chi connectivity index (χ0n) is 50.8. The Morgan fingerprint density at radius 1 is 0.388 bits per heavy atom. The van der Waals surface area contributed by atoms with Crippen LogP contribution in [0.5, 0.6) is 0 Å². The van der Waals surface area contributed by atoms with E-state index in [2.05, 4.69) is 160 Å². The number of allylic oxidation sites excluding steroid dienone is 24. The fourth-order valence-corrected chi connectivity index (χ4v) is 9.09. The number of hydrogen-bond acceptors (Lipinski definition) is 8. The fraction of sp³-hybridized carbons (Fsp3) is 0.629. The molecular weight excluding hydrogens is 1010 g/mol. The minimum absolute atomic E-state index is 0.0400. The molecule has 80 heavy (non-hydrogen) atoms. The highest BCUT2D eigenvalue weighted by molar-refractivity contribution is 7.47. The number of carbonyl (C=O) groups excluding carboxylic acids is 2. The molecule has 0 spiro atoms. The second kappa shape index (κ2) is 64.1. The average molecular weight is 1130 g/mol. The van der Waals surface area contributed by atoms with Gasteiger partial charge in [0.1, 0.15) is 6.61 Å². The normalized spacial score (nSPS) is 14.0. The Balaban J connectivity index is 4.08. The van der Waals surface area contributed by atoms with Crippen molar-refractivity contribution in [3.8, 4) is 0 Å². The highest BCUT2D eigenvalue weighted by Crippen LogP contribution is 2.43. The number of nitrogens with two attached hydrogens (primary N) is 1. The highest BCUT2D eigenvalue weighted by atomic mass is 31.2. The van der Waals surface area contributed by atoms with E-state index in [4.69, 9.17) is 24.3 Å². The van der Waals surface area contributed by atoms with E-state index in [1.54, 1.807) is 0 Å². The molecular formula is C70H116NO8P. The molecule has 0 aromatic carbocycles. The maximum absolute atomic E-state index is 12.7. The Bertz CT molecular complexity index is 1820. The van der Waals surface area contributed by atoms with E-state index >= 15 is 0 Å². The summed E-state index contributed by atoms with van der Waals surface area (Å²) < 4.78 is 33.0. The summed E-state index contributed by atoms with van der Waals surface area (Å²) in [6, 6.07) is 0. The molecule has 0 bridgehead atoms. The quantitative estimate of drug-likeness (QED) is 0.0264. The topological polar surface area (TPSA) is 134 Å². The number of phosphoric ester groups is 1. The van der Waals surface area contributed by atoms with Crippen LogP contribution in [0.4, 0.5) is 0 Å². The second-order valence-corrected chi connectivity index (χ2v) is 22.0. The molecule has 2 unspecified atom stereocenters. The van der Waals surface area contributed by atoms with Gasteiger partial charge in [0.05, 0.1) is 13.2 Å². The van der Waals surface area contributed by atoms with E-state index in [1.807, 2.05) is 0 Å². The molecule has 0 aliphatic carbocycles. The third-order valence-electron chi connectivity index (χ3n) is 13.0.